The first-order valence-corrected chi connectivity index (χ1v) is 6.81. The highest BCUT2D eigenvalue weighted by Crippen LogP contribution is 2.34. The Hall–Kier alpha value is -1.48. The molecule has 0 unspecified atom stereocenters. The summed E-state index contributed by atoms with van der Waals surface area (Å²) in [6.45, 7) is 5.08. The maximum Gasteiger partial charge on any atom is 0.0559 e. The van der Waals surface area contributed by atoms with Gasteiger partial charge in [0.1, 0.15) is 0 Å². The summed E-state index contributed by atoms with van der Waals surface area (Å²) in [6, 6.07) is 14.4. The second-order valence-corrected chi connectivity index (χ2v) is 5.09. The number of benzene rings is 2. The number of anilines is 3. The smallest absolute Gasteiger partial charge is 0.0559 e. The maximum atomic E-state index is 5.92. The fraction of sp³-hybridized carbons (Fsp3) is 0.200. The molecule has 0 atom stereocenters. The van der Waals surface area contributed by atoms with Crippen molar-refractivity contribution in [2.75, 3.05) is 17.2 Å². The SMILES string of the molecule is CCN(c1ccccc1)c1cc(C)c(N)cc1Br. The van der Waals surface area contributed by atoms with Gasteiger partial charge in [-0.1, -0.05) is 18.2 Å². The summed E-state index contributed by atoms with van der Waals surface area (Å²) in [6.07, 6.45) is 0. The minimum atomic E-state index is 0.815. The second-order valence-electron chi connectivity index (χ2n) is 4.24. The van der Waals surface area contributed by atoms with E-state index in [4.69, 9.17) is 5.73 Å². The van der Waals surface area contributed by atoms with Crippen LogP contribution >= 0.6 is 15.9 Å². The van der Waals surface area contributed by atoms with E-state index in [9.17, 15) is 0 Å². The molecular formula is C15H17BrN2. The number of halogens is 1. The van der Waals surface area contributed by atoms with Gasteiger partial charge in [-0.15, -0.1) is 0 Å². The zero-order chi connectivity index (χ0) is 13.1. The third-order valence-electron chi connectivity index (χ3n) is 3.01. The normalized spacial score (nSPS) is 10.4. The molecule has 0 fully saturated rings. The van der Waals surface area contributed by atoms with Gasteiger partial charge in [0.05, 0.1) is 5.69 Å². The van der Waals surface area contributed by atoms with E-state index in [1.165, 1.54) is 5.69 Å². The summed E-state index contributed by atoms with van der Waals surface area (Å²) in [5, 5.41) is 0. The number of hydrogen-bond donors (Lipinski definition) is 1. The molecule has 0 aliphatic carbocycles. The monoisotopic (exact) mass is 304 g/mol. The quantitative estimate of drug-likeness (QED) is 0.846. The topological polar surface area (TPSA) is 29.3 Å². The highest BCUT2D eigenvalue weighted by molar-refractivity contribution is 9.10. The molecule has 2 aromatic carbocycles. The highest BCUT2D eigenvalue weighted by atomic mass is 79.9. The van der Waals surface area contributed by atoms with Crippen LogP contribution in [0.5, 0.6) is 0 Å². The van der Waals surface area contributed by atoms with Crippen molar-refractivity contribution in [3.05, 3.63) is 52.5 Å². The largest absolute Gasteiger partial charge is 0.398 e. The van der Waals surface area contributed by atoms with E-state index in [0.717, 1.165) is 28.0 Å². The van der Waals surface area contributed by atoms with Gasteiger partial charge in [0.15, 0.2) is 0 Å². The van der Waals surface area contributed by atoms with Gasteiger partial charge in [-0.05, 0) is 59.6 Å². The Bertz CT molecular complexity index is 538. The number of nitrogen functional groups attached to an aromatic ring is 1. The van der Waals surface area contributed by atoms with Crippen LogP contribution in [0.3, 0.4) is 0 Å². The van der Waals surface area contributed by atoms with Crippen molar-refractivity contribution < 1.29 is 0 Å². The van der Waals surface area contributed by atoms with Crippen molar-refractivity contribution in [2.24, 2.45) is 0 Å². The minimum Gasteiger partial charge on any atom is -0.398 e. The Morgan fingerprint density at radius 3 is 2.44 bits per heavy atom. The Labute approximate surface area is 117 Å². The molecule has 2 rings (SSSR count). The first kappa shape index (κ1) is 13.0. The summed E-state index contributed by atoms with van der Waals surface area (Å²) < 4.78 is 1.02. The maximum absolute atomic E-state index is 5.92. The predicted octanol–water partition coefficient (Wildman–Crippen LogP) is 4.50. The van der Waals surface area contributed by atoms with E-state index in [-0.39, 0.29) is 0 Å². The van der Waals surface area contributed by atoms with Crippen LogP contribution < -0.4 is 10.6 Å². The molecule has 0 radical (unpaired) electrons. The second kappa shape index (κ2) is 5.44. The molecule has 0 saturated carbocycles. The number of para-hydroxylation sites is 1. The summed E-state index contributed by atoms with van der Waals surface area (Å²) in [5.74, 6) is 0. The van der Waals surface area contributed by atoms with Crippen LogP contribution in [0.1, 0.15) is 12.5 Å². The minimum absolute atomic E-state index is 0.815. The zero-order valence-corrected chi connectivity index (χ0v) is 12.2. The Kier molecular flexibility index (Phi) is 3.92. The molecule has 18 heavy (non-hydrogen) atoms. The van der Waals surface area contributed by atoms with Gasteiger partial charge in [-0.3, -0.25) is 0 Å². The van der Waals surface area contributed by atoms with Crippen molar-refractivity contribution in [3.8, 4) is 0 Å². The first-order valence-electron chi connectivity index (χ1n) is 6.01. The number of rotatable bonds is 3. The average Bonchev–Trinajstić information content (AvgIpc) is 2.38. The molecule has 2 aromatic rings. The Balaban J connectivity index is 2.49. The van der Waals surface area contributed by atoms with E-state index >= 15 is 0 Å². The summed E-state index contributed by atoms with van der Waals surface area (Å²) in [4.78, 5) is 2.26. The molecule has 0 heterocycles. The predicted molar refractivity (Wildman–Crippen MR) is 82.4 cm³/mol. The van der Waals surface area contributed by atoms with Crippen molar-refractivity contribution in [3.63, 3.8) is 0 Å². The fourth-order valence-electron chi connectivity index (χ4n) is 1.99. The van der Waals surface area contributed by atoms with E-state index in [1.54, 1.807) is 0 Å². The van der Waals surface area contributed by atoms with Gasteiger partial charge in [0, 0.05) is 22.4 Å². The average molecular weight is 305 g/mol. The van der Waals surface area contributed by atoms with Crippen molar-refractivity contribution in [2.45, 2.75) is 13.8 Å². The molecule has 0 aliphatic heterocycles. The fourth-order valence-corrected chi connectivity index (χ4v) is 2.56. The molecule has 0 amide bonds. The molecule has 0 aromatic heterocycles. The third-order valence-corrected chi connectivity index (χ3v) is 3.65. The van der Waals surface area contributed by atoms with Crippen LogP contribution in [-0.2, 0) is 0 Å². The molecule has 0 spiro atoms. The number of nitrogens with zero attached hydrogens (tertiary/aromatic N) is 1. The van der Waals surface area contributed by atoms with Crippen LogP contribution in [0.4, 0.5) is 17.1 Å². The van der Waals surface area contributed by atoms with Crippen LogP contribution in [0.25, 0.3) is 0 Å². The molecule has 3 heteroatoms. The third kappa shape index (κ3) is 2.51. The highest BCUT2D eigenvalue weighted by Gasteiger charge is 2.11. The van der Waals surface area contributed by atoms with Gasteiger partial charge in [0.25, 0.3) is 0 Å². The van der Waals surface area contributed by atoms with E-state index in [2.05, 4.69) is 58.1 Å². The number of nitrogens with two attached hydrogens (primary N) is 1. The van der Waals surface area contributed by atoms with Crippen molar-refractivity contribution >= 4 is 33.0 Å². The van der Waals surface area contributed by atoms with Crippen LogP contribution in [-0.4, -0.2) is 6.54 Å². The lowest BCUT2D eigenvalue weighted by atomic mass is 10.1. The van der Waals surface area contributed by atoms with Crippen molar-refractivity contribution in [1.82, 2.24) is 0 Å². The van der Waals surface area contributed by atoms with Gasteiger partial charge in [0.2, 0.25) is 0 Å². The molecule has 0 saturated heterocycles. The summed E-state index contributed by atoms with van der Waals surface area (Å²) in [5.41, 5.74) is 10.2. The molecule has 2 nitrogen and oxygen atoms in total. The lowest BCUT2D eigenvalue weighted by Gasteiger charge is -2.25. The Morgan fingerprint density at radius 1 is 1.17 bits per heavy atom. The van der Waals surface area contributed by atoms with Gasteiger partial charge >= 0.3 is 0 Å². The molecule has 0 bridgehead atoms. The zero-order valence-electron chi connectivity index (χ0n) is 10.7. The lowest BCUT2D eigenvalue weighted by Crippen LogP contribution is -2.16. The number of hydrogen-bond acceptors (Lipinski definition) is 2. The first-order chi connectivity index (χ1) is 8.63. The number of aryl methyl sites for hydroxylation is 1. The Morgan fingerprint density at radius 2 is 1.83 bits per heavy atom. The van der Waals surface area contributed by atoms with Crippen molar-refractivity contribution in [1.29, 1.82) is 0 Å². The van der Waals surface area contributed by atoms with E-state index < -0.39 is 0 Å². The molecule has 0 aliphatic rings. The van der Waals surface area contributed by atoms with Gasteiger partial charge in [-0.25, -0.2) is 0 Å². The molecule has 2 N–H and O–H groups in total. The summed E-state index contributed by atoms with van der Waals surface area (Å²) in [7, 11) is 0. The van der Waals surface area contributed by atoms with Gasteiger partial charge in [-0.2, -0.15) is 0 Å². The summed E-state index contributed by atoms with van der Waals surface area (Å²) >= 11 is 3.60. The molecule has 94 valence electrons. The van der Waals surface area contributed by atoms with Crippen LogP contribution in [0.2, 0.25) is 0 Å². The molecular weight excluding hydrogens is 288 g/mol. The van der Waals surface area contributed by atoms with Gasteiger partial charge < -0.3 is 10.6 Å². The lowest BCUT2D eigenvalue weighted by molar-refractivity contribution is 1.02. The van der Waals surface area contributed by atoms with E-state index in [1.807, 2.05) is 19.1 Å². The van der Waals surface area contributed by atoms with Crippen LogP contribution in [0, 0.1) is 6.92 Å². The van der Waals surface area contributed by atoms with E-state index in [0.29, 0.717) is 0 Å². The standard InChI is InChI=1S/C15H17BrN2/c1-3-18(12-7-5-4-6-8-12)15-9-11(2)14(17)10-13(15)16/h4-10H,3,17H2,1-2H3. The van der Waals surface area contributed by atoms with Crippen LogP contribution in [0.15, 0.2) is 46.9 Å².